The Morgan fingerprint density at radius 1 is 0.929 bits per heavy atom. The molecule has 1 unspecified atom stereocenters. The number of benzene rings is 3. The second-order valence-corrected chi connectivity index (χ2v) is 11.6. The van der Waals surface area contributed by atoms with Gasteiger partial charge in [0.1, 0.15) is 17.3 Å². The molecule has 5 rings (SSSR count). The van der Waals surface area contributed by atoms with E-state index in [1.54, 1.807) is 24.3 Å². The van der Waals surface area contributed by atoms with Gasteiger partial charge in [-0.2, -0.15) is 0 Å². The zero-order chi connectivity index (χ0) is 29.8. The van der Waals surface area contributed by atoms with Crippen molar-refractivity contribution in [3.05, 3.63) is 88.5 Å². The minimum absolute atomic E-state index is 0.0106. The first kappa shape index (κ1) is 29.3. The lowest BCUT2D eigenvalue weighted by molar-refractivity contribution is -0.132. The minimum Gasteiger partial charge on any atom is -0.507 e. The van der Waals surface area contributed by atoms with Gasteiger partial charge in [-0.05, 0) is 73.7 Å². The lowest BCUT2D eigenvalue weighted by Gasteiger charge is -2.23. The van der Waals surface area contributed by atoms with E-state index in [9.17, 15) is 14.7 Å². The molecule has 0 radical (unpaired) electrons. The van der Waals surface area contributed by atoms with E-state index in [4.69, 9.17) is 14.5 Å². The third-order valence-corrected chi connectivity index (χ3v) is 8.26. The summed E-state index contributed by atoms with van der Waals surface area (Å²) in [5, 5.41) is 12.0. The molecular weight excluding hydrogens is 548 g/mol. The number of amides is 1. The maximum absolute atomic E-state index is 13.7. The molecule has 1 saturated heterocycles. The van der Waals surface area contributed by atoms with Crippen LogP contribution in [0.3, 0.4) is 0 Å². The Kier molecular flexibility index (Phi) is 8.92. The van der Waals surface area contributed by atoms with Gasteiger partial charge in [-0.3, -0.25) is 14.5 Å². The molecule has 2 heterocycles. The highest BCUT2D eigenvalue weighted by Gasteiger charge is 2.48. The Morgan fingerprint density at radius 2 is 1.69 bits per heavy atom. The van der Waals surface area contributed by atoms with E-state index in [2.05, 4.69) is 6.92 Å². The normalized spacial score (nSPS) is 16.4. The van der Waals surface area contributed by atoms with E-state index in [-0.39, 0.29) is 11.3 Å². The van der Waals surface area contributed by atoms with Gasteiger partial charge in [0, 0.05) is 5.56 Å². The van der Waals surface area contributed by atoms with Crippen molar-refractivity contribution >= 4 is 44.1 Å². The summed E-state index contributed by atoms with van der Waals surface area (Å²) >= 11 is 1.36. The number of thiazole rings is 1. The SMILES string of the molecule is CCCCCOc1ccc(C2C(=C(O)c3cccc(OCCC)c3)C(=O)C(=O)N2c2nc3c(C)cc(C)cc3s2)cc1. The van der Waals surface area contributed by atoms with Crippen molar-refractivity contribution in [2.45, 2.75) is 59.4 Å². The largest absolute Gasteiger partial charge is 0.507 e. The summed E-state index contributed by atoms with van der Waals surface area (Å²) in [6.07, 6.45) is 4.01. The summed E-state index contributed by atoms with van der Waals surface area (Å²) < 4.78 is 12.6. The quantitative estimate of drug-likeness (QED) is 0.0834. The molecule has 0 spiro atoms. The maximum Gasteiger partial charge on any atom is 0.301 e. The molecule has 0 aliphatic carbocycles. The van der Waals surface area contributed by atoms with Crippen molar-refractivity contribution in [1.29, 1.82) is 0 Å². The number of aliphatic hydroxyl groups is 1. The van der Waals surface area contributed by atoms with Crippen LogP contribution in [-0.4, -0.2) is 35.0 Å². The van der Waals surface area contributed by atoms with Gasteiger partial charge in [-0.15, -0.1) is 0 Å². The van der Waals surface area contributed by atoms with Crippen LogP contribution >= 0.6 is 11.3 Å². The van der Waals surface area contributed by atoms with Crippen molar-refractivity contribution in [2.75, 3.05) is 18.1 Å². The van der Waals surface area contributed by atoms with E-state index in [1.807, 2.05) is 57.2 Å². The number of nitrogens with zero attached hydrogens (tertiary/aromatic N) is 2. The van der Waals surface area contributed by atoms with Crippen LogP contribution in [-0.2, 0) is 9.59 Å². The average molecular weight is 585 g/mol. The number of aromatic nitrogens is 1. The molecule has 8 heteroatoms. The summed E-state index contributed by atoms with van der Waals surface area (Å²) in [5.41, 5.74) is 3.96. The van der Waals surface area contributed by atoms with Crippen LogP contribution in [0, 0.1) is 13.8 Å². The number of hydrogen-bond acceptors (Lipinski definition) is 7. The average Bonchev–Trinajstić information content (AvgIpc) is 3.52. The predicted molar refractivity (Wildman–Crippen MR) is 168 cm³/mol. The fraction of sp³-hybridized carbons (Fsp3) is 0.324. The van der Waals surface area contributed by atoms with Gasteiger partial charge in [0.15, 0.2) is 5.13 Å². The monoisotopic (exact) mass is 584 g/mol. The Hall–Kier alpha value is -4.17. The number of hydrogen-bond donors (Lipinski definition) is 1. The molecule has 218 valence electrons. The van der Waals surface area contributed by atoms with Crippen molar-refractivity contribution in [3.63, 3.8) is 0 Å². The second-order valence-electron chi connectivity index (χ2n) is 10.6. The molecule has 1 amide bonds. The number of carbonyl (C=O) groups excluding carboxylic acids is 2. The Morgan fingerprint density at radius 3 is 2.43 bits per heavy atom. The fourth-order valence-corrected chi connectivity index (χ4v) is 6.37. The second kappa shape index (κ2) is 12.8. The van der Waals surface area contributed by atoms with Gasteiger partial charge in [0.2, 0.25) is 0 Å². The number of ether oxygens (including phenoxy) is 2. The van der Waals surface area contributed by atoms with Crippen LogP contribution in [0.2, 0.25) is 0 Å². The molecule has 4 aromatic rings. The van der Waals surface area contributed by atoms with E-state index < -0.39 is 17.7 Å². The number of fused-ring (bicyclic) bond motifs is 1. The van der Waals surface area contributed by atoms with Gasteiger partial charge < -0.3 is 14.6 Å². The maximum atomic E-state index is 13.7. The van der Waals surface area contributed by atoms with E-state index in [1.165, 1.54) is 16.2 Å². The van der Waals surface area contributed by atoms with E-state index in [0.717, 1.165) is 47.0 Å². The lowest BCUT2D eigenvalue weighted by atomic mass is 9.95. The third-order valence-electron chi connectivity index (χ3n) is 7.26. The van der Waals surface area contributed by atoms with Crippen LogP contribution < -0.4 is 14.4 Å². The zero-order valence-electron chi connectivity index (χ0n) is 24.5. The first-order valence-corrected chi connectivity index (χ1v) is 15.3. The molecule has 7 nitrogen and oxygen atoms in total. The number of rotatable bonds is 11. The molecule has 1 fully saturated rings. The smallest absolute Gasteiger partial charge is 0.301 e. The predicted octanol–water partition coefficient (Wildman–Crippen LogP) is 7.90. The first-order chi connectivity index (χ1) is 20.3. The molecule has 1 aromatic heterocycles. The number of aliphatic hydroxyl groups excluding tert-OH is 1. The summed E-state index contributed by atoms with van der Waals surface area (Å²) in [4.78, 5) is 33.6. The number of unbranched alkanes of at least 4 members (excludes halogenated alkanes) is 2. The highest BCUT2D eigenvalue weighted by Crippen LogP contribution is 2.45. The van der Waals surface area contributed by atoms with Crippen LogP contribution in [0.25, 0.3) is 16.0 Å². The number of Topliss-reactive ketones (excluding diaryl/α,β-unsaturated/α-hetero) is 1. The Bertz CT molecular complexity index is 1640. The third kappa shape index (κ3) is 5.90. The van der Waals surface area contributed by atoms with Crippen LogP contribution in [0.15, 0.2) is 66.2 Å². The molecule has 0 saturated carbocycles. The molecule has 1 N–H and O–H groups in total. The molecule has 42 heavy (non-hydrogen) atoms. The Labute approximate surface area is 250 Å². The van der Waals surface area contributed by atoms with E-state index >= 15 is 0 Å². The molecule has 0 bridgehead atoms. The standard InChI is InChI=1S/C34H36N2O5S/c1-5-7-8-17-41-25-14-12-23(13-15-25)30-28(31(37)24-10-9-11-26(20-24)40-16-6-2)32(38)33(39)36(30)34-35-29-22(4)18-21(3)19-27(29)42-34/h9-15,18-20,30,37H,5-8,16-17H2,1-4H3. The number of anilines is 1. The van der Waals surface area contributed by atoms with Gasteiger partial charge >= 0.3 is 5.91 Å². The Balaban J connectivity index is 1.61. The van der Waals surface area contributed by atoms with Crippen LogP contribution in [0.4, 0.5) is 5.13 Å². The van der Waals surface area contributed by atoms with Crippen LogP contribution in [0.5, 0.6) is 11.5 Å². The zero-order valence-corrected chi connectivity index (χ0v) is 25.3. The minimum atomic E-state index is -0.874. The first-order valence-electron chi connectivity index (χ1n) is 14.5. The summed E-state index contributed by atoms with van der Waals surface area (Å²) in [5.74, 6) is -0.458. The lowest BCUT2D eigenvalue weighted by Crippen LogP contribution is -2.29. The highest BCUT2D eigenvalue weighted by molar-refractivity contribution is 7.22. The molecular formula is C34H36N2O5S. The van der Waals surface area contributed by atoms with Crippen molar-refractivity contribution in [3.8, 4) is 11.5 Å². The number of ketones is 1. The van der Waals surface area contributed by atoms with Crippen LogP contribution in [0.1, 0.15) is 67.8 Å². The summed E-state index contributed by atoms with van der Waals surface area (Å²) in [6, 6.07) is 17.5. The van der Waals surface area contributed by atoms with Gasteiger partial charge in [-0.1, -0.05) is 68.4 Å². The van der Waals surface area contributed by atoms with Crippen molar-refractivity contribution in [2.24, 2.45) is 0 Å². The molecule has 3 aromatic carbocycles. The molecule has 1 atom stereocenters. The van der Waals surface area contributed by atoms with Crippen molar-refractivity contribution in [1.82, 2.24) is 4.98 Å². The highest BCUT2D eigenvalue weighted by atomic mass is 32.1. The topological polar surface area (TPSA) is 89.0 Å². The fourth-order valence-electron chi connectivity index (χ4n) is 5.20. The summed E-state index contributed by atoms with van der Waals surface area (Å²) in [7, 11) is 0. The molecule has 1 aliphatic heterocycles. The molecule has 1 aliphatic rings. The number of carbonyl (C=O) groups is 2. The van der Waals surface area contributed by atoms with Gasteiger partial charge in [0.25, 0.3) is 5.78 Å². The van der Waals surface area contributed by atoms with E-state index in [0.29, 0.717) is 41.0 Å². The number of aryl methyl sites for hydroxylation is 2. The van der Waals surface area contributed by atoms with Gasteiger partial charge in [-0.25, -0.2) is 4.98 Å². The summed E-state index contributed by atoms with van der Waals surface area (Å²) in [6.45, 7) is 9.30. The van der Waals surface area contributed by atoms with Crippen molar-refractivity contribution < 1.29 is 24.2 Å². The van der Waals surface area contributed by atoms with Gasteiger partial charge in [0.05, 0.1) is 35.0 Å².